The minimum absolute atomic E-state index is 0.110. The van der Waals surface area contributed by atoms with Crippen LogP contribution in [0.3, 0.4) is 0 Å². The normalized spacial score (nSPS) is 14.8. The molecule has 0 spiro atoms. The number of fused-ring (bicyclic) bond motifs is 1. The average molecular weight is 396 g/mol. The van der Waals surface area contributed by atoms with E-state index in [-0.39, 0.29) is 18.6 Å². The van der Waals surface area contributed by atoms with Crippen molar-refractivity contribution in [1.82, 2.24) is 4.90 Å². The van der Waals surface area contributed by atoms with Gasteiger partial charge in [0.1, 0.15) is 0 Å². The summed E-state index contributed by atoms with van der Waals surface area (Å²) in [5.74, 6) is 1.42. The molecule has 2 amide bonds. The summed E-state index contributed by atoms with van der Waals surface area (Å²) in [6.45, 7) is 2.00. The zero-order chi connectivity index (χ0) is 20.8. The third-order valence-electron chi connectivity index (χ3n) is 5.38. The molecule has 6 nitrogen and oxygen atoms in total. The summed E-state index contributed by atoms with van der Waals surface area (Å²) in [4.78, 5) is 24.1. The van der Waals surface area contributed by atoms with E-state index in [0.717, 1.165) is 41.0 Å². The van der Waals surface area contributed by atoms with Gasteiger partial charge in [-0.25, -0.2) is 0 Å². The number of hydrogen-bond acceptors (Lipinski definition) is 4. The van der Waals surface area contributed by atoms with Gasteiger partial charge in [0.25, 0.3) is 5.91 Å². The summed E-state index contributed by atoms with van der Waals surface area (Å²) in [6, 6.07) is 14.1. The molecular weight excluding hydrogens is 368 g/mol. The zero-order valence-corrected chi connectivity index (χ0v) is 17.0. The Hall–Kier alpha value is -3.02. The van der Waals surface area contributed by atoms with Crippen LogP contribution in [0.15, 0.2) is 42.5 Å². The van der Waals surface area contributed by atoms with Crippen LogP contribution in [0.4, 0.5) is 0 Å². The Labute approximate surface area is 171 Å². The lowest BCUT2D eigenvalue weighted by molar-refractivity contribution is -0.117. The molecule has 0 unspecified atom stereocenters. The second-order valence-electron chi connectivity index (χ2n) is 7.32. The predicted octanol–water partition coefficient (Wildman–Crippen LogP) is 3.98. The molecule has 0 saturated heterocycles. The molecule has 0 bridgehead atoms. The van der Waals surface area contributed by atoms with Crippen molar-refractivity contribution in [2.75, 3.05) is 13.8 Å². The van der Waals surface area contributed by atoms with Gasteiger partial charge in [-0.05, 0) is 48.2 Å². The highest BCUT2D eigenvalue weighted by Gasteiger charge is 2.24. The van der Waals surface area contributed by atoms with E-state index < -0.39 is 0 Å². The van der Waals surface area contributed by atoms with Crippen molar-refractivity contribution in [2.45, 2.75) is 45.1 Å². The number of carbonyl (C=O) groups excluding carboxylic acids is 2. The molecule has 0 aromatic heterocycles. The Morgan fingerprint density at radius 2 is 1.59 bits per heavy atom. The molecule has 2 aromatic rings. The van der Waals surface area contributed by atoms with Gasteiger partial charge in [0.2, 0.25) is 12.7 Å². The quantitative estimate of drug-likeness (QED) is 0.847. The first-order valence-corrected chi connectivity index (χ1v) is 10.0. The molecule has 29 heavy (non-hydrogen) atoms. The molecule has 1 heterocycles. The van der Waals surface area contributed by atoms with E-state index in [0.29, 0.717) is 12.5 Å². The van der Waals surface area contributed by atoms with E-state index in [2.05, 4.69) is 5.73 Å². The fourth-order valence-corrected chi connectivity index (χ4v) is 3.54. The summed E-state index contributed by atoms with van der Waals surface area (Å²) in [5.41, 5.74) is 7.52. The van der Waals surface area contributed by atoms with Crippen molar-refractivity contribution in [3.05, 3.63) is 48.0 Å². The second-order valence-corrected chi connectivity index (χ2v) is 7.32. The van der Waals surface area contributed by atoms with Gasteiger partial charge in [-0.1, -0.05) is 38.0 Å². The fraction of sp³-hybridized carbons (Fsp3) is 0.391. The maximum absolute atomic E-state index is 12.6. The molecule has 0 atom stereocenters. The van der Waals surface area contributed by atoms with Crippen molar-refractivity contribution in [1.29, 1.82) is 0 Å². The van der Waals surface area contributed by atoms with Crippen LogP contribution in [-0.2, 0) is 4.79 Å². The third-order valence-corrected chi connectivity index (χ3v) is 5.38. The summed E-state index contributed by atoms with van der Waals surface area (Å²) < 4.78 is 10.8. The van der Waals surface area contributed by atoms with Crippen molar-refractivity contribution >= 4 is 11.8 Å². The highest BCUT2D eigenvalue weighted by atomic mass is 16.7. The Morgan fingerprint density at radius 3 is 2.21 bits per heavy atom. The zero-order valence-electron chi connectivity index (χ0n) is 17.0. The Morgan fingerprint density at radius 1 is 1.00 bits per heavy atom. The van der Waals surface area contributed by atoms with Crippen molar-refractivity contribution in [3.8, 4) is 22.6 Å². The van der Waals surface area contributed by atoms with E-state index >= 15 is 0 Å². The Bertz CT molecular complexity index is 858. The number of carbonyl (C=O) groups is 2. The molecule has 4 rings (SSSR count). The van der Waals surface area contributed by atoms with Gasteiger partial charge in [-0.3, -0.25) is 9.59 Å². The first-order chi connectivity index (χ1) is 14.0. The van der Waals surface area contributed by atoms with Crippen LogP contribution >= 0.6 is 0 Å². The number of hydrogen-bond donors (Lipinski definition) is 1. The van der Waals surface area contributed by atoms with Crippen LogP contribution in [0, 0.1) is 0 Å². The largest absolute Gasteiger partial charge is 0.454 e. The standard InChI is InChI=1S/C20H21NO3.C3H7NO/c1-21(17-4-2-3-5-17)20(22)15-8-6-14(7-9-15)16-10-11-18-19(12-16)24-13-23-18;1-2-3(4)5/h6-12,17H,2-5,13H2,1H3;2H2,1H3,(H2,4,5). The number of benzene rings is 2. The summed E-state index contributed by atoms with van der Waals surface area (Å²) in [5, 5.41) is 0. The van der Waals surface area contributed by atoms with E-state index in [9.17, 15) is 9.59 Å². The average Bonchev–Trinajstić information content (AvgIpc) is 3.44. The van der Waals surface area contributed by atoms with Crippen molar-refractivity contribution in [3.63, 3.8) is 0 Å². The van der Waals surface area contributed by atoms with Gasteiger partial charge in [0, 0.05) is 25.1 Å². The maximum Gasteiger partial charge on any atom is 0.253 e. The molecule has 154 valence electrons. The van der Waals surface area contributed by atoms with Crippen LogP contribution in [0.25, 0.3) is 11.1 Å². The lowest BCUT2D eigenvalue weighted by Gasteiger charge is -2.24. The molecule has 1 aliphatic carbocycles. The molecular formula is C23H28N2O4. The molecule has 0 radical (unpaired) electrons. The van der Waals surface area contributed by atoms with Crippen LogP contribution < -0.4 is 15.2 Å². The first-order valence-electron chi connectivity index (χ1n) is 10.0. The van der Waals surface area contributed by atoms with Crippen molar-refractivity contribution < 1.29 is 19.1 Å². The molecule has 1 fully saturated rings. The highest BCUT2D eigenvalue weighted by molar-refractivity contribution is 5.94. The predicted molar refractivity (Wildman–Crippen MR) is 112 cm³/mol. The third kappa shape index (κ3) is 5.08. The molecule has 6 heteroatoms. The van der Waals surface area contributed by atoms with Crippen molar-refractivity contribution in [2.24, 2.45) is 5.73 Å². The van der Waals surface area contributed by atoms with E-state index in [4.69, 9.17) is 9.47 Å². The summed E-state index contributed by atoms with van der Waals surface area (Å²) in [7, 11) is 1.92. The van der Waals surface area contributed by atoms with Gasteiger partial charge in [0.05, 0.1) is 0 Å². The molecule has 2 aliphatic rings. The van der Waals surface area contributed by atoms with E-state index in [1.54, 1.807) is 6.92 Å². The second kappa shape index (κ2) is 9.45. The minimum Gasteiger partial charge on any atom is -0.454 e. The van der Waals surface area contributed by atoms with E-state index in [1.165, 1.54) is 12.8 Å². The van der Waals surface area contributed by atoms with Gasteiger partial charge in [-0.2, -0.15) is 0 Å². The SMILES string of the molecule is CCC(N)=O.CN(C(=O)c1ccc(-c2ccc3c(c2)OCO3)cc1)C1CCCC1. The van der Waals surface area contributed by atoms with Crippen LogP contribution in [0.1, 0.15) is 49.4 Å². The number of amides is 2. The smallest absolute Gasteiger partial charge is 0.253 e. The summed E-state index contributed by atoms with van der Waals surface area (Å²) in [6.07, 6.45) is 5.14. The summed E-state index contributed by atoms with van der Waals surface area (Å²) >= 11 is 0. The first kappa shape index (κ1) is 20.7. The molecule has 1 aliphatic heterocycles. The Kier molecular flexibility index (Phi) is 6.75. The van der Waals surface area contributed by atoms with Crippen LogP contribution in [-0.4, -0.2) is 36.6 Å². The minimum atomic E-state index is -0.245. The number of ether oxygens (including phenoxy) is 2. The van der Waals surface area contributed by atoms with Gasteiger partial charge in [-0.15, -0.1) is 0 Å². The molecule has 1 saturated carbocycles. The van der Waals surface area contributed by atoms with E-state index in [1.807, 2.05) is 54.4 Å². The number of primary amides is 1. The topological polar surface area (TPSA) is 81.9 Å². The lowest BCUT2D eigenvalue weighted by atomic mass is 10.0. The van der Waals surface area contributed by atoms with Gasteiger partial charge in [0.15, 0.2) is 11.5 Å². The van der Waals surface area contributed by atoms with Crippen LogP contribution in [0.5, 0.6) is 11.5 Å². The Balaban J connectivity index is 0.000000431. The highest BCUT2D eigenvalue weighted by Crippen LogP contribution is 2.36. The number of nitrogens with two attached hydrogens (primary N) is 1. The molecule has 2 aromatic carbocycles. The number of rotatable bonds is 4. The van der Waals surface area contributed by atoms with Gasteiger partial charge >= 0.3 is 0 Å². The lowest BCUT2D eigenvalue weighted by Crippen LogP contribution is -2.35. The van der Waals surface area contributed by atoms with Crippen LogP contribution in [0.2, 0.25) is 0 Å². The maximum atomic E-state index is 12.6. The molecule has 2 N–H and O–H groups in total. The number of nitrogens with zero attached hydrogens (tertiary/aromatic N) is 1. The van der Waals surface area contributed by atoms with Gasteiger partial charge < -0.3 is 20.1 Å². The fourth-order valence-electron chi connectivity index (χ4n) is 3.54. The monoisotopic (exact) mass is 396 g/mol.